The summed E-state index contributed by atoms with van der Waals surface area (Å²) in [6, 6.07) is 16.2. The van der Waals surface area contributed by atoms with E-state index in [4.69, 9.17) is 23.2 Å². The van der Waals surface area contributed by atoms with E-state index in [1.807, 2.05) is 35.7 Å². The Morgan fingerprint density at radius 1 is 1.00 bits per heavy atom. The Morgan fingerprint density at radius 3 is 2.61 bits per heavy atom. The first-order valence-electron chi connectivity index (χ1n) is 8.44. The number of nitrogens with zero attached hydrogens (tertiary/aromatic N) is 1. The van der Waals surface area contributed by atoms with E-state index in [1.165, 1.54) is 11.3 Å². The summed E-state index contributed by atoms with van der Waals surface area (Å²) in [5, 5.41) is 6.12. The number of benzene rings is 2. The number of halogens is 2. The number of thiophene rings is 1. The monoisotopic (exact) mass is 428 g/mol. The van der Waals surface area contributed by atoms with Crippen molar-refractivity contribution in [2.75, 3.05) is 5.32 Å². The second-order valence-corrected chi connectivity index (χ2v) is 7.88. The van der Waals surface area contributed by atoms with E-state index >= 15 is 0 Å². The van der Waals surface area contributed by atoms with Crippen molar-refractivity contribution in [3.8, 4) is 0 Å². The van der Waals surface area contributed by atoms with Gasteiger partial charge in [0.1, 0.15) is 6.54 Å². The molecule has 1 amide bonds. The average Bonchev–Trinajstić information content (AvgIpc) is 3.34. The molecule has 2 heterocycles. The maximum Gasteiger partial charge on any atom is 0.244 e. The van der Waals surface area contributed by atoms with Crippen molar-refractivity contribution in [3.63, 3.8) is 0 Å². The number of nitrogens with one attached hydrogen (secondary N) is 1. The molecule has 0 atom stereocenters. The standard InChI is InChI=1S/C21H14Cl2N2O2S/c22-15-6-3-7-16(20(15)23)24-19(26)12-25-11-14(13-5-1-2-8-17(13)25)21(27)18-9-4-10-28-18/h1-11H,12H2,(H,24,26). The van der Waals surface area contributed by atoms with Crippen LogP contribution in [0.4, 0.5) is 5.69 Å². The van der Waals surface area contributed by atoms with Crippen LogP contribution in [0.5, 0.6) is 0 Å². The van der Waals surface area contributed by atoms with Crippen LogP contribution < -0.4 is 5.32 Å². The van der Waals surface area contributed by atoms with Crippen molar-refractivity contribution >= 4 is 62.8 Å². The topological polar surface area (TPSA) is 51.1 Å². The first-order chi connectivity index (χ1) is 13.5. The molecule has 28 heavy (non-hydrogen) atoms. The minimum absolute atomic E-state index is 0.0427. The quantitative estimate of drug-likeness (QED) is 0.403. The zero-order valence-corrected chi connectivity index (χ0v) is 16.8. The van der Waals surface area contributed by atoms with Crippen molar-refractivity contribution in [2.45, 2.75) is 6.54 Å². The predicted octanol–water partition coefficient (Wildman–Crippen LogP) is 5.88. The number of carbonyl (C=O) groups excluding carboxylic acids is 2. The fourth-order valence-electron chi connectivity index (χ4n) is 3.04. The molecular formula is C21H14Cl2N2O2S. The van der Waals surface area contributed by atoms with Crippen molar-refractivity contribution < 1.29 is 9.59 Å². The smallest absolute Gasteiger partial charge is 0.244 e. The van der Waals surface area contributed by atoms with Crippen LogP contribution in [0.15, 0.2) is 66.2 Å². The van der Waals surface area contributed by atoms with Gasteiger partial charge in [-0.2, -0.15) is 0 Å². The molecule has 0 radical (unpaired) electrons. The molecule has 0 saturated heterocycles. The summed E-state index contributed by atoms with van der Waals surface area (Å²) in [7, 11) is 0. The van der Waals surface area contributed by atoms with Crippen LogP contribution in [0.3, 0.4) is 0 Å². The van der Waals surface area contributed by atoms with Crippen LogP contribution >= 0.6 is 34.5 Å². The van der Waals surface area contributed by atoms with E-state index in [1.54, 1.807) is 35.0 Å². The number of aromatic nitrogens is 1. The van der Waals surface area contributed by atoms with Crippen LogP contribution in [-0.2, 0) is 11.3 Å². The fraction of sp³-hybridized carbons (Fsp3) is 0.0476. The third-order valence-corrected chi connectivity index (χ3v) is 6.01. The van der Waals surface area contributed by atoms with Crippen molar-refractivity contribution in [1.29, 1.82) is 0 Å². The molecule has 0 aliphatic rings. The third-order valence-electron chi connectivity index (χ3n) is 4.32. The first kappa shape index (κ1) is 18.7. The number of anilines is 1. The fourth-order valence-corrected chi connectivity index (χ4v) is 4.07. The van der Waals surface area contributed by atoms with Gasteiger partial charge >= 0.3 is 0 Å². The van der Waals surface area contributed by atoms with Gasteiger partial charge in [-0.3, -0.25) is 9.59 Å². The Kier molecular flexibility index (Phi) is 5.22. The summed E-state index contributed by atoms with van der Waals surface area (Å²) in [5.41, 5.74) is 1.84. The summed E-state index contributed by atoms with van der Waals surface area (Å²) in [5.74, 6) is -0.316. The second-order valence-electron chi connectivity index (χ2n) is 6.14. The number of fused-ring (bicyclic) bond motifs is 1. The number of hydrogen-bond donors (Lipinski definition) is 1. The van der Waals surface area contributed by atoms with Gasteiger partial charge in [-0.25, -0.2) is 0 Å². The molecule has 0 bridgehead atoms. The SMILES string of the molecule is O=C(Cn1cc(C(=O)c2cccs2)c2ccccc21)Nc1cccc(Cl)c1Cl. The molecule has 140 valence electrons. The van der Waals surface area contributed by atoms with Gasteiger partial charge in [0.25, 0.3) is 0 Å². The summed E-state index contributed by atoms with van der Waals surface area (Å²) in [6.45, 7) is 0.0427. The molecule has 0 aliphatic heterocycles. The summed E-state index contributed by atoms with van der Waals surface area (Å²) < 4.78 is 1.77. The van der Waals surface area contributed by atoms with Crippen molar-refractivity contribution in [1.82, 2.24) is 4.57 Å². The van der Waals surface area contributed by atoms with Gasteiger partial charge in [-0.05, 0) is 29.6 Å². The van der Waals surface area contributed by atoms with Crippen molar-refractivity contribution in [2.24, 2.45) is 0 Å². The van der Waals surface area contributed by atoms with Gasteiger partial charge in [0.2, 0.25) is 11.7 Å². The Bertz CT molecular complexity index is 1180. The Morgan fingerprint density at radius 2 is 1.82 bits per heavy atom. The lowest BCUT2D eigenvalue weighted by Crippen LogP contribution is -2.18. The third kappa shape index (κ3) is 3.56. The van der Waals surface area contributed by atoms with E-state index in [2.05, 4.69) is 5.32 Å². The molecule has 0 fully saturated rings. The Balaban J connectivity index is 1.65. The second kappa shape index (κ2) is 7.80. The maximum atomic E-state index is 12.9. The molecule has 0 aliphatic carbocycles. The number of hydrogen-bond acceptors (Lipinski definition) is 3. The molecule has 4 rings (SSSR count). The molecule has 7 heteroatoms. The van der Waals surface area contributed by atoms with Gasteiger partial charge < -0.3 is 9.88 Å². The zero-order valence-electron chi connectivity index (χ0n) is 14.5. The van der Waals surface area contributed by atoms with Crippen LogP contribution in [0.2, 0.25) is 10.0 Å². The summed E-state index contributed by atoms with van der Waals surface area (Å²) in [6.07, 6.45) is 1.73. The predicted molar refractivity (Wildman–Crippen MR) is 115 cm³/mol. The lowest BCUT2D eigenvalue weighted by molar-refractivity contribution is -0.116. The summed E-state index contributed by atoms with van der Waals surface area (Å²) >= 11 is 13.5. The van der Waals surface area contributed by atoms with E-state index < -0.39 is 0 Å². The van der Waals surface area contributed by atoms with E-state index in [-0.39, 0.29) is 18.2 Å². The van der Waals surface area contributed by atoms with Crippen molar-refractivity contribution in [3.05, 3.63) is 86.7 Å². The number of ketones is 1. The number of para-hydroxylation sites is 1. The minimum atomic E-state index is -0.264. The molecular weight excluding hydrogens is 415 g/mol. The normalized spacial score (nSPS) is 10.9. The highest BCUT2D eigenvalue weighted by Crippen LogP contribution is 2.30. The highest BCUT2D eigenvalue weighted by atomic mass is 35.5. The van der Waals surface area contributed by atoms with Crippen LogP contribution in [-0.4, -0.2) is 16.3 Å². The highest BCUT2D eigenvalue weighted by molar-refractivity contribution is 7.12. The Hall–Kier alpha value is -2.60. The van der Waals surface area contributed by atoms with Crippen LogP contribution in [0, 0.1) is 0 Å². The van der Waals surface area contributed by atoms with Gasteiger partial charge in [-0.1, -0.05) is 53.5 Å². The molecule has 0 unspecified atom stereocenters. The van der Waals surface area contributed by atoms with E-state index in [0.29, 0.717) is 26.2 Å². The molecule has 4 aromatic rings. The zero-order chi connectivity index (χ0) is 19.7. The van der Waals surface area contributed by atoms with Gasteiger partial charge in [0.05, 0.1) is 20.6 Å². The lowest BCUT2D eigenvalue weighted by Gasteiger charge is -2.09. The van der Waals surface area contributed by atoms with E-state index in [9.17, 15) is 9.59 Å². The maximum absolute atomic E-state index is 12.9. The summed E-state index contributed by atoms with van der Waals surface area (Å²) in [4.78, 5) is 26.1. The number of carbonyl (C=O) groups is 2. The van der Waals surface area contributed by atoms with Gasteiger partial charge in [0.15, 0.2) is 0 Å². The minimum Gasteiger partial charge on any atom is -0.337 e. The molecule has 0 saturated carbocycles. The Labute approximate surface area is 175 Å². The molecule has 2 aromatic carbocycles. The molecule has 2 aromatic heterocycles. The molecule has 0 spiro atoms. The molecule has 1 N–H and O–H groups in total. The van der Waals surface area contributed by atoms with Crippen LogP contribution in [0.25, 0.3) is 10.9 Å². The largest absolute Gasteiger partial charge is 0.337 e. The highest BCUT2D eigenvalue weighted by Gasteiger charge is 2.18. The number of rotatable bonds is 5. The average molecular weight is 429 g/mol. The van der Waals surface area contributed by atoms with Gasteiger partial charge in [0, 0.05) is 22.7 Å². The van der Waals surface area contributed by atoms with E-state index in [0.717, 1.165) is 10.9 Å². The molecule has 4 nitrogen and oxygen atoms in total. The number of amides is 1. The lowest BCUT2D eigenvalue weighted by atomic mass is 10.1. The van der Waals surface area contributed by atoms with Crippen LogP contribution in [0.1, 0.15) is 15.2 Å². The first-order valence-corrected chi connectivity index (χ1v) is 10.1. The van der Waals surface area contributed by atoms with Gasteiger partial charge in [-0.15, -0.1) is 11.3 Å².